The van der Waals surface area contributed by atoms with Crippen LogP contribution in [0, 0.1) is 11.8 Å². The largest absolute Gasteiger partial charge is 0.493 e. The molecule has 0 aromatic heterocycles. The molecule has 1 aliphatic rings. The predicted octanol–water partition coefficient (Wildman–Crippen LogP) is 3.97. The number of likely N-dealkylation sites (tertiary alicyclic amines) is 1. The summed E-state index contributed by atoms with van der Waals surface area (Å²) in [5, 5.41) is 0. The molecular weight excluding hydrogens is 346 g/mol. The molecule has 1 fully saturated rings. The second-order valence-electron chi connectivity index (χ2n) is 6.08. The summed E-state index contributed by atoms with van der Waals surface area (Å²) in [6.07, 6.45) is 1.18. The van der Waals surface area contributed by atoms with Crippen LogP contribution in [0.5, 0.6) is 11.5 Å². The lowest BCUT2D eigenvalue weighted by Crippen LogP contribution is -2.42. The molecule has 122 valence electrons. The van der Waals surface area contributed by atoms with Gasteiger partial charge in [-0.2, -0.15) is 0 Å². The number of carbonyl (C=O) groups excluding carboxylic acids is 1. The molecule has 4 nitrogen and oxygen atoms in total. The fourth-order valence-electron chi connectivity index (χ4n) is 3.14. The first-order chi connectivity index (χ1) is 10.5. The topological polar surface area (TPSA) is 38.8 Å². The van der Waals surface area contributed by atoms with Crippen LogP contribution in [0.2, 0.25) is 0 Å². The number of nitrogens with zero attached hydrogens (tertiary/aromatic N) is 1. The van der Waals surface area contributed by atoms with Crippen molar-refractivity contribution in [3.8, 4) is 11.5 Å². The third-order valence-corrected chi connectivity index (χ3v) is 4.51. The molecule has 1 aromatic rings. The Bertz CT molecular complexity index is 537. The van der Waals surface area contributed by atoms with Gasteiger partial charge in [-0.1, -0.05) is 13.8 Å². The summed E-state index contributed by atoms with van der Waals surface area (Å²) >= 11 is 3.48. The maximum Gasteiger partial charge on any atom is 0.254 e. The molecule has 0 bridgehead atoms. The van der Waals surface area contributed by atoms with Crippen molar-refractivity contribution in [3.63, 3.8) is 0 Å². The van der Waals surface area contributed by atoms with Crippen LogP contribution in [0.4, 0.5) is 0 Å². The zero-order chi connectivity index (χ0) is 16.3. The fraction of sp³-hybridized carbons (Fsp3) is 0.588. The third-order valence-electron chi connectivity index (χ3n) is 3.92. The minimum absolute atomic E-state index is 0.0560. The number of methoxy groups -OCH3 is 1. The summed E-state index contributed by atoms with van der Waals surface area (Å²) in [7, 11) is 1.59. The minimum atomic E-state index is 0.0560. The van der Waals surface area contributed by atoms with Crippen molar-refractivity contribution in [1.82, 2.24) is 4.90 Å². The van der Waals surface area contributed by atoms with E-state index in [1.54, 1.807) is 13.2 Å². The average molecular weight is 370 g/mol. The zero-order valence-corrected chi connectivity index (χ0v) is 15.3. The smallest absolute Gasteiger partial charge is 0.254 e. The van der Waals surface area contributed by atoms with Crippen LogP contribution < -0.4 is 9.47 Å². The highest BCUT2D eigenvalue weighted by Gasteiger charge is 2.27. The van der Waals surface area contributed by atoms with Crippen LogP contribution >= 0.6 is 15.9 Å². The van der Waals surface area contributed by atoms with Crippen molar-refractivity contribution in [2.75, 3.05) is 26.8 Å². The Morgan fingerprint density at radius 2 is 1.95 bits per heavy atom. The minimum Gasteiger partial charge on any atom is -0.493 e. The number of amides is 1. The van der Waals surface area contributed by atoms with Crippen LogP contribution in [-0.2, 0) is 0 Å². The van der Waals surface area contributed by atoms with Gasteiger partial charge in [0.05, 0.1) is 18.2 Å². The Morgan fingerprint density at radius 3 is 2.50 bits per heavy atom. The van der Waals surface area contributed by atoms with E-state index in [1.807, 2.05) is 17.9 Å². The molecule has 1 aliphatic heterocycles. The van der Waals surface area contributed by atoms with Gasteiger partial charge in [-0.25, -0.2) is 0 Å². The van der Waals surface area contributed by atoms with Crippen molar-refractivity contribution in [1.29, 1.82) is 0 Å². The first-order valence-corrected chi connectivity index (χ1v) is 8.55. The van der Waals surface area contributed by atoms with E-state index in [2.05, 4.69) is 29.8 Å². The number of piperidine rings is 1. The highest BCUT2D eigenvalue weighted by molar-refractivity contribution is 9.10. The van der Waals surface area contributed by atoms with Gasteiger partial charge >= 0.3 is 0 Å². The first-order valence-electron chi connectivity index (χ1n) is 7.75. The van der Waals surface area contributed by atoms with Gasteiger partial charge < -0.3 is 14.4 Å². The lowest BCUT2D eigenvalue weighted by atomic mass is 9.91. The van der Waals surface area contributed by atoms with E-state index in [9.17, 15) is 4.79 Å². The van der Waals surface area contributed by atoms with Crippen LogP contribution in [0.1, 0.15) is 37.6 Å². The molecule has 5 heteroatoms. The highest BCUT2D eigenvalue weighted by atomic mass is 79.9. The molecule has 1 aromatic carbocycles. The van der Waals surface area contributed by atoms with Crippen LogP contribution in [0.25, 0.3) is 0 Å². The second kappa shape index (κ2) is 7.36. The lowest BCUT2D eigenvalue weighted by molar-refractivity contribution is 0.0622. The summed E-state index contributed by atoms with van der Waals surface area (Å²) in [6, 6.07) is 3.59. The van der Waals surface area contributed by atoms with Gasteiger partial charge in [-0.15, -0.1) is 0 Å². The van der Waals surface area contributed by atoms with Crippen LogP contribution in [-0.4, -0.2) is 37.6 Å². The highest BCUT2D eigenvalue weighted by Crippen LogP contribution is 2.37. The molecule has 1 amide bonds. The lowest BCUT2D eigenvalue weighted by Gasteiger charge is -2.35. The summed E-state index contributed by atoms with van der Waals surface area (Å²) in [5.41, 5.74) is 0.633. The van der Waals surface area contributed by atoms with Crippen LogP contribution in [0.3, 0.4) is 0 Å². The van der Waals surface area contributed by atoms with E-state index in [0.717, 1.165) is 17.6 Å². The monoisotopic (exact) mass is 369 g/mol. The molecule has 0 radical (unpaired) electrons. The number of benzene rings is 1. The van der Waals surface area contributed by atoms with E-state index < -0.39 is 0 Å². The molecule has 22 heavy (non-hydrogen) atoms. The quantitative estimate of drug-likeness (QED) is 0.805. The van der Waals surface area contributed by atoms with Gasteiger partial charge in [0, 0.05) is 18.7 Å². The van der Waals surface area contributed by atoms with E-state index in [0.29, 0.717) is 35.5 Å². The zero-order valence-electron chi connectivity index (χ0n) is 13.7. The summed E-state index contributed by atoms with van der Waals surface area (Å²) < 4.78 is 11.7. The molecule has 0 N–H and O–H groups in total. The Hall–Kier alpha value is -1.23. The number of ether oxygens (including phenoxy) is 2. The van der Waals surface area contributed by atoms with Crippen molar-refractivity contribution >= 4 is 21.8 Å². The molecular formula is C17H24BrNO3. The molecule has 2 unspecified atom stereocenters. The van der Waals surface area contributed by atoms with Crippen molar-refractivity contribution in [2.24, 2.45) is 11.8 Å². The van der Waals surface area contributed by atoms with Crippen molar-refractivity contribution < 1.29 is 14.3 Å². The Kier molecular flexibility index (Phi) is 5.73. The van der Waals surface area contributed by atoms with Gasteiger partial charge in [0.1, 0.15) is 0 Å². The number of rotatable bonds is 4. The maximum atomic E-state index is 12.8. The Balaban J connectivity index is 2.28. The summed E-state index contributed by atoms with van der Waals surface area (Å²) in [5.74, 6) is 2.36. The maximum absolute atomic E-state index is 12.8. The molecule has 0 saturated carbocycles. The molecule has 1 saturated heterocycles. The molecule has 2 atom stereocenters. The van der Waals surface area contributed by atoms with Gasteiger partial charge in [0.2, 0.25) is 0 Å². The van der Waals surface area contributed by atoms with E-state index >= 15 is 0 Å². The second-order valence-corrected chi connectivity index (χ2v) is 6.93. The SMILES string of the molecule is CCOc1c(Br)cc(C(=O)N2CC(C)CC(C)C2)cc1OC. The standard InChI is InChI=1S/C17H24BrNO3/c1-5-22-16-14(18)7-13(8-15(16)21-4)17(20)19-9-11(2)6-12(3)10-19/h7-8,11-12H,5-6,9-10H2,1-4H3. The normalized spacial score (nSPS) is 21.6. The van der Waals surface area contributed by atoms with Gasteiger partial charge in [0.25, 0.3) is 5.91 Å². The number of halogens is 1. The van der Waals surface area contributed by atoms with Crippen molar-refractivity contribution in [2.45, 2.75) is 27.2 Å². The van der Waals surface area contributed by atoms with E-state index in [1.165, 1.54) is 6.42 Å². The summed E-state index contributed by atoms with van der Waals surface area (Å²) in [6.45, 7) is 8.49. The Labute approximate surface area is 140 Å². The predicted molar refractivity (Wildman–Crippen MR) is 90.7 cm³/mol. The average Bonchev–Trinajstić information content (AvgIpc) is 2.47. The van der Waals surface area contributed by atoms with Gasteiger partial charge in [0.15, 0.2) is 11.5 Å². The number of hydrogen-bond acceptors (Lipinski definition) is 3. The molecule has 1 heterocycles. The fourth-order valence-corrected chi connectivity index (χ4v) is 3.70. The first kappa shape index (κ1) is 17.1. The van der Waals surface area contributed by atoms with Gasteiger partial charge in [-0.3, -0.25) is 4.79 Å². The Morgan fingerprint density at radius 1 is 1.32 bits per heavy atom. The number of carbonyl (C=O) groups is 1. The summed E-state index contributed by atoms with van der Waals surface area (Å²) in [4.78, 5) is 14.7. The van der Waals surface area contributed by atoms with E-state index in [4.69, 9.17) is 9.47 Å². The van der Waals surface area contributed by atoms with E-state index in [-0.39, 0.29) is 5.91 Å². The van der Waals surface area contributed by atoms with Crippen LogP contribution in [0.15, 0.2) is 16.6 Å². The number of hydrogen-bond donors (Lipinski definition) is 0. The molecule has 0 aliphatic carbocycles. The van der Waals surface area contributed by atoms with Gasteiger partial charge in [-0.05, 0) is 53.2 Å². The van der Waals surface area contributed by atoms with Crippen molar-refractivity contribution in [3.05, 3.63) is 22.2 Å². The third kappa shape index (κ3) is 3.75. The molecule has 2 rings (SSSR count). The molecule has 0 spiro atoms.